The van der Waals surface area contributed by atoms with Crippen LogP contribution in [-0.4, -0.2) is 16.5 Å². The van der Waals surface area contributed by atoms with Gasteiger partial charge < -0.3 is 21.3 Å². The van der Waals surface area contributed by atoms with Gasteiger partial charge in [0.2, 0.25) is 5.82 Å². The number of anilines is 2. The Morgan fingerprint density at radius 2 is 1.73 bits per heavy atom. The van der Waals surface area contributed by atoms with Crippen LogP contribution < -0.4 is 21.3 Å². The minimum Gasteiger partial charge on any atom is -0.402 e. The molecule has 1 saturated heterocycles. The molecule has 6 nitrogen and oxygen atoms in total. The maximum absolute atomic E-state index is 15.6. The summed E-state index contributed by atoms with van der Waals surface area (Å²) in [5.41, 5.74) is 9.89. The molecule has 1 aliphatic carbocycles. The number of rotatable bonds is 8. The van der Waals surface area contributed by atoms with Gasteiger partial charge in [-0.2, -0.15) is 17.6 Å². The molecule has 0 spiro atoms. The first-order chi connectivity index (χ1) is 19.8. The van der Waals surface area contributed by atoms with E-state index in [1.165, 1.54) is 18.5 Å². The third kappa shape index (κ3) is 7.06. The fourth-order valence-electron chi connectivity index (χ4n) is 5.12. The maximum Gasteiger partial charge on any atom is 0.416 e. The zero-order valence-electron chi connectivity index (χ0n) is 22.5. The Balaban J connectivity index is 1.24. The lowest BCUT2D eigenvalue weighted by molar-refractivity contribution is -0.137. The number of halogens is 4. The van der Waals surface area contributed by atoms with Crippen LogP contribution in [0.15, 0.2) is 90.6 Å². The fourth-order valence-corrected chi connectivity index (χ4v) is 5.12. The highest BCUT2D eigenvalue weighted by Gasteiger charge is 2.33. The van der Waals surface area contributed by atoms with Crippen LogP contribution in [0.5, 0.6) is 0 Å². The number of benzene rings is 2. The van der Waals surface area contributed by atoms with Crippen molar-refractivity contribution >= 4 is 11.6 Å². The molecule has 2 aromatic carbocycles. The van der Waals surface area contributed by atoms with Crippen molar-refractivity contribution in [1.82, 2.24) is 15.3 Å². The van der Waals surface area contributed by atoms with E-state index in [0.29, 0.717) is 38.0 Å². The molecule has 41 heavy (non-hydrogen) atoms. The van der Waals surface area contributed by atoms with Crippen LogP contribution in [0.2, 0.25) is 0 Å². The van der Waals surface area contributed by atoms with Gasteiger partial charge in [0.25, 0.3) is 0 Å². The molecular formula is C31H32F4N6. The quantitative estimate of drug-likeness (QED) is 0.263. The number of nitrogens with one attached hydrogen (secondary N) is 2. The Morgan fingerprint density at radius 3 is 2.49 bits per heavy atom. The summed E-state index contributed by atoms with van der Waals surface area (Å²) in [6.45, 7) is 1.54. The summed E-state index contributed by atoms with van der Waals surface area (Å²) in [4.78, 5) is 10.1. The standard InChI is InChI=1S/C31H32F4N6/c32-28-29(38-19-22-6-3-5-21(17-22)18-37-26-8-2-1-7-25(36)14-15-26)39-20-40-30(28)41-16-4-9-27(41)23-10-12-24(13-11-23)31(33,34)35/h1-3,5-7,10-13,15,17,20,27,37H,4,8-9,14,16,18-19,36H2,(H,38,39,40)/b2-1-,25-7-,26-15+. The molecule has 1 aliphatic heterocycles. The van der Waals surface area contributed by atoms with E-state index in [0.717, 1.165) is 47.5 Å². The summed E-state index contributed by atoms with van der Waals surface area (Å²) in [5.74, 6) is -0.365. The van der Waals surface area contributed by atoms with Crippen molar-refractivity contribution in [1.29, 1.82) is 0 Å². The van der Waals surface area contributed by atoms with Crippen LogP contribution in [0.1, 0.15) is 54.0 Å². The molecule has 0 saturated carbocycles. The van der Waals surface area contributed by atoms with Crippen LogP contribution in [0.4, 0.5) is 29.2 Å². The largest absolute Gasteiger partial charge is 0.416 e. The van der Waals surface area contributed by atoms with E-state index in [2.05, 4.69) is 38.8 Å². The predicted octanol–water partition coefficient (Wildman–Crippen LogP) is 6.75. The van der Waals surface area contributed by atoms with Gasteiger partial charge in [0.05, 0.1) is 11.6 Å². The van der Waals surface area contributed by atoms with Gasteiger partial charge in [0.15, 0.2) is 11.6 Å². The predicted molar refractivity (Wildman–Crippen MR) is 152 cm³/mol. The highest BCUT2D eigenvalue weighted by Crippen LogP contribution is 2.38. The second-order valence-corrected chi connectivity index (χ2v) is 10.2. The van der Waals surface area contributed by atoms with Crippen molar-refractivity contribution < 1.29 is 17.6 Å². The van der Waals surface area contributed by atoms with E-state index < -0.39 is 17.6 Å². The summed E-state index contributed by atoms with van der Waals surface area (Å²) in [7, 11) is 0. The molecule has 1 fully saturated rings. The highest BCUT2D eigenvalue weighted by molar-refractivity contribution is 5.53. The topological polar surface area (TPSA) is 79.1 Å². The van der Waals surface area contributed by atoms with Crippen LogP contribution >= 0.6 is 0 Å². The summed E-state index contributed by atoms with van der Waals surface area (Å²) < 4.78 is 54.6. The Labute approximate surface area is 236 Å². The molecule has 2 heterocycles. The number of hydrogen-bond acceptors (Lipinski definition) is 6. The zero-order chi connectivity index (χ0) is 28.8. The molecule has 5 rings (SSSR count). The van der Waals surface area contributed by atoms with Crippen molar-refractivity contribution in [3.8, 4) is 0 Å². The first-order valence-electron chi connectivity index (χ1n) is 13.6. The Hall–Kier alpha value is -4.34. The third-order valence-electron chi connectivity index (χ3n) is 7.26. The average molecular weight is 565 g/mol. The maximum atomic E-state index is 15.6. The minimum absolute atomic E-state index is 0.0775. The van der Waals surface area contributed by atoms with E-state index in [1.54, 1.807) is 4.90 Å². The van der Waals surface area contributed by atoms with Gasteiger partial charge in [-0.3, -0.25) is 0 Å². The van der Waals surface area contributed by atoms with E-state index >= 15 is 4.39 Å². The Bertz CT molecular complexity index is 1450. The summed E-state index contributed by atoms with van der Waals surface area (Å²) in [6, 6.07) is 12.8. The lowest BCUT2D eigenvalue weighted by Crippen LogP contribution is -2.25. The number of allylic oxidation sites excluding steroid dienone is 4. The minimum atomic E-state index is -4.40. The molecule has 10 heteroatoms. The summed E-state index contributed by atoms with van der Waals surface area (Å²) >= 11 is 0. The Kier molecular flexibility index (Phi) is 8.56. The molecule has 2 aliphatic rings. The number of nitrogens with two attached hydrogens (primary N) is 1. The van der Waals surface area contributed by atoms with Gasteiger partial charge in [0.1, 0.15) is 6.33 Å². The SMILES string of the molecule is N/C1=C\C=C/C/C(NCc2cccc(CNc3ncnc(N4CCCC4c4ccc(C(F)(F)F)cc4)c3F)c2)=C\C1. The molecule has 0 radical (unpaired) electrons. The van der Waals surface area contributed by atoms with Crippen LogP contribution in [-0.2, 0) is 19.3 Å². The van der Waals surface area contributed by atoms with Crippen molar-refractivity contribution in [3.63, 3.8) is 0 Å². The van der Waals surface area contributed by atoms with Crippen LogP contribution in [0.25, 0.3) is 0 Å². The summed E-state index contributed by atoms with van der Waals surface area (Å²) in [6.07, 6.45) is 7.90. The number of alkyl halides is 3. The molecular weight excluding hydrogens is 532 g/mol. The van der Waals surface area contributed by atoms with E-state index in [-0.39, 0.29) is 17.7 Å². The van der Waals surface area contributed by atoms with Crippen molar-refractivity contribution in [2.45, 2.75) is 51.0 Å². The molecule has 3 aromatic rings. The normalized spacial score (nSPS) is 20.8. The number of aromatic nitrogens is 2. The van der Waals surface area contributed by atoms with Crippen molar-refractivity contribution in [3.05, 3.63) is 119 Å². The molecule has 4 N–H and O–H groups in total. The van der Waals surface area contributed by atoms with E-state index in [4.69, 9.17) is 5.73 Å². The lowest BCUT2D eigenvalue weighted by Gasteiger charge is -2.27. The average Bonchev–Trinajstić information content (AvgIpc) is 3.44. The van der Waals surface area contributed by atoms with Gasteiger partial charge in [-0.25, -0.2) is 9.97 Å². The second kappa shape index (κ2) is 12.4. The molecule has 214 valence electrons. The van der Waals surface area contributed by atoms with Crippen molar-refractivity contribution in [2.75, 3.05) is 16.8 Å². The van der Waals surface area contributed by atoms with E-state index in [9.17, 15) is 13.2 Å². The van der Waals surface area contributed by atoms with Gasteiger partial charge in [0, 0.05) is 43.9 Å². The third-order valence-corrected chi connectivity index (χ3v) is 7.26. The van der Waals surface area contributed by atoms with Gasteiger partial charge >= 0.3 is 6.18 Å². The van der Waals surface area contributed by atoms with Crippen molar-refractivity contribution in [2.24, 2.45) is 5.73 Å². The van der Waals surface area contributed by atoms with Gasteiger partial charge in [-0.1, -0.05) is 54.6 Å². The number of hydrogen-bond donors (Lipinski definition) is 3. The summed E-state index contributed by atoms with van der Waals surface area (Å²) in [5, 5.41) is 6.55. The fraction of sp³-hybridized carbons (Fsp3) is 0.290. The smallest absolute Gasteiger partial charge is 0.402 e. The molecule has 1 aromatic heterocycles. The van der Waals surface area contributed by atoms with Gasteiger partial charge in [-0.05, 0) is 47.7 Å². The molecule has 0 amide bonds. The Morgan fingerprint density at radius 1 is 0.976 bits per heavy atom. The second-order valence-electron chi connectivity index (χ2n) is 10.2. The monoisotopic (exact) mass is 564 g/mol. The van der Waals surface area contributed by atoms with Crippen LogP contribution in [0, 0.1) is 5.82 Å². The van der Waals surface area contributed by atoms with Gasteiger partial charge in [-0.15, -0.1) is 0 Å². The lowest BCUT2D eigenvalue weighted by atomic mass is 10.0. The molecule has 1 unspecified atom stereocenters. The first kappa shape index (κ1) is 28.2. The first-order valence-corrected chi connectivity index (χ1v) is 13.6. The number of nitrogens with zero attached hydrogens (tertiary/aromatic N) is 3. The molecule has 1 atom stereocenters. The highest BCUT2D eigenvalue weighted by atomic mass is 19.4. The van der Waals surface area contributed by atoms with Crippen LogP contribution in [0.3, 0.4) is 0 Å². The zero-order valence-corrected chi connectivity index (χ0v) is 22.5. The molecule has 0 bridgehead atoms. The van der Waals surface area contributed by atoms with E-state index in [1.807, 2.05) is 30.4 Å².